The van der Waals surface area contributed by atoms with Crippen molar-refractivity contribution < 1.29 is 4.74 Å². The molecule has 0 amide bonds. The van der Waals surface area contributed by atoms with E-state index in [1.165, 1.54) is 16.0 Å². The minimum Gasteiger partial charge on any atom is -0.493 e. The zero-order valence-electron chi connectivity index (χ0n) is 12.6. The molecule has 1 atom stereocenters. The summed E-state index contributed by atoms with van der Waals surface area (Å²) in [5.74, 6) is 1.89. The molecule has 112 valence electrons. The summed E-state index contributed by atoms with van der Waals surface area (Å²) in [6.07, 6.45) is 2.58. The summed E-state index contributed by atoms with van der Waals surface area (Å²) in [6, 6.07) is 8.44. The van der Waals surface area contributed by atoms with E-state index >= 15 is 0 Å². The van der Waals surface area contributed by atoms with E-state index in [1.807, 2.05) is 12.1 Å². The van der Waals surface area contributed by atoms with Crippen LogP contribution in [-0.4, -0.2) is 16.6 Å². The summed E-state index contributed by atoms with van der Waals surface area (Å²) in [5, 5.41) is 4.76. The van der Waals surface area contributed by atoms with Crippen molar-refractivity contribution in [1.29, 1.82) is 0 Å². The highest BCUT2D eigenvalue weighted by Crippen LogP contribution is 2.37. The average molecular weight is 311 g/mol. The number of ether oxygens (including phenoxy) is 1. The van der Waals surface area contributed by atoms with E-state index in [0.717, 1.165) is 34.8 Å². The quantitative estimate of drug-likeness (QED) is 0.769. The number of fused-ring (bicyclic) bond motifs is 2. The fourth-order valence-corrected chi connectivity index (χ4v) is 3.95. The van der Waals surface area contributed by atoms with Gasteiger partial charge in [-0.3, -0.25) is 0 Å². The molecule has 0 saturated carbocycles. The first-order valence-corrected chi connectivity index (χ1v) is 8.24. The number of anilines is 1. The van der Waals surface area contributed by atoms with E-state index in [-0.39, 0.29) is 6.04 Å². The molecule has 0 radical (unpaired) electrons. The Morgan fingerprint density at radius 2 is 2.09 bits per heavy atom. The zero-order chi connectivity index (χ0) is 15.1. The van der Waals surface area contributed by atoms with E-state index in [0.29, 0.717) is 0 Å². The molecule has 2 aromatic heterocycles. The van der Waals surface area contributed by atoms with Crippen LogP contribution in [-0.2, 0) is 0 Å². The molecule has 0 bridgehead atoms. The maximum atomic E-state index is 5.74. The molecule has 0 unspecified atom stereocenters. The van der Waals surface area contributed by atoms with Crippen LogP contribution in [0.5, 0.6) is 5.75 Å². The van der Waals surface area contributed by atoms with Crippen molar-refractivity contribution in [3.63, 3.8) is 0 Å². The van der Waals surface area contributed by atoms with Crippen molar-refractivity contribution in [2.24, 2.45) is 0 Å². The molecule has 3 aromatic rings. The van der Waals surface area contributed by atoms with Crippen molar-refractivity contribution >= 4 is 27.4 Å². The van der Waals surface area contributed by atoms with Gasteiger partial charge in [0.15, 0.2) is 0 Å². The highest BCUT2D eigenvalue weighted by Gasteiger charge is 2.22. The SMILES string of the molecule is Cc1sc2ncnc(N[C@@H]3CCOc4ccccc43)c2c1C. The van der Waals surface area contributed by atoms with Gasteiger partial charge in [-0.15, -0.1) is 11.3 Å². The molecule has 5 heteroatoms. The predicted molar refractivity (Wildman–Crippen MR) is 89.8 cm³/mol. The predicted octanol–water partition coefficient (Wildman–Crippen LogP) is 4.24. The van der Waals surface area contributed by atoms with Crippen molar-refractivity contribution in [2.75, 3.05) is 11.9 Å². The minimum atomic E-state index is 0.225. The Morgan fingerprint density at radius 1 is 1.23 bits per heavy atom. The van der Waals surface area contributed by atoms with Crippen molar-refractivity contribution in [3.05, 3.63) is 46.6 Å². The Kier molecular flexibility index (Phi) is 3.22. The van der Waals surface area contributed by atoms with Crippen LogP contribution in [0.25, 0.3) is 10.2 Å². The number of nitrogens with one attached hydrogen (secondary N) is 1. The number of benzene rings is 1. The van der Waals surface area contributed by atoms with Crippen LogP contribution in [0.15, 0.2) is 30.6 Å². The monoisotopic (exact) mass is 311 g/mol. The number of rotatable bonds is 2. The average Bonchev–Trinajstić information content (AvgIpc) is 2.83. The molecule has 1 N–H and O–H groups in total. The van der Waals surface area contributed by atoms with E-state index in [9.17, 15) is 0 Å². The number of hydrogen-bond acceptors (Lipinski definition) is 5. The lowest BCUT2D eigenvalue weighted by Crippen LogP contribution is -2.20. The first-order chi connectivity index (χ1) is 10.7. The zero-order valence-corrected chi connectivity index (χ0v) is 13.4. The van der Waals surface area contributed by atoms with Crippen molar-refractivity contribution in [3.8, 4) is 5.75 Å². The van der Waals surface area contributed by atoms with Crippen LogP contribution in [0.2, 0.25) is 0 Å². The second kappa shape index (κ2) is 5.25. The normalized spacial score (nSPS) is 17.1. The van der Waals surface area contributed by atoms with E-state index < -0.39 is 0 Å². The number of thiophene rings is 1. The third kappa shape index (κ3) is 2.13. The van der Waals surface area contributed by atoms with Crippen molar-refractivity contribution in [1.82, 2.24) is 9.97 Å². The van der Waals surface area contributed by atoms with Gasteiger partial charge in [-0.25, -0.2) is 9.97 Å². The summed E-state index contributed by atoms with van der Waals surface area (Å²) < 4.78 is 5.74. The van der Waals surface area contributed by atoms with Crippen LogP contribution in [0.4, 0.5) is 5.82 Å². The Bertz CT molecular complexity index is 843. The van der Waals surface area contributed by atoms with Gasteiger partial charge in [0.25, 0.3) is 0 Å². The van der Waals surface area contributed by atoms with Gasteiger partial charge in [-0.05, 0) is 25.5 Å². The smallest absolute Gasteiger partial charge is 0.138 e. The molecular weight excluding hydrogens is 294 g/mol. The summed E-state index contributed by atoms with van der Waals surface area (Å²) in [7, 11) is 0. The lowest BCUT2D eigenvalue weighted by atomic mass is 10.0. The lowest BCUT2D eigenvalue weighted by molar-refractivity contribution is 0.274. The van der Waals surface area contributed by atoms with Gasteiger partial charge in [-0.1, -0.05) is 18.2 Å². The Morgan fingerprint density at radius 3 is 3.00 bits per heavy atom. The number of para-hydroxylation sites is 1. The van der Waals surface area contributed by atoms with E-state index in [1.54, 1.807) is 17.7 Å². The van der Waals surface area contributed by atoms with Gasteiger partial charge >= 0.3 is 0 Å². The van der Waals surface area contributed by atoms with Crippen LogP contribution in [0.3, 0.4) is 0 Å². The molecule has 4 nitrogen and oxygen atoms in total. The van der Waals surface area contributed by atoms with Crippen LogP contribution >= 0.6 is 11.3 Å². The summed E-state index contributed by atoms with van der Waals surface area (Å²) in [4.78, 5) is 11.2. The summed E-state index contributed by atoms with van der Waals surface area (Å²) in [5.41, 5.74) is 2.47. The third-order valence-electron chi connectivity index (χ3n) is 4.23. The van der Waals surface area contributed by atoms with Crippen LogP contribution in [0, 0.1) is 13.8 Å². The fraction of sp³-hybridized carbons (Fsp3) is 0.294. The summed E-state index contributed by atoms with van der Waals surface area (Å²) >= 11 is 1.72. The Balaban J connectivity index is 1.76. The molecule has 1 aliphatic heterocycles. The van der Waals surface area contributed by atoms with Crippen molar-refractivity contribution in [2.45, 2.75) is 26.3 Å². The largest absolute Gasteiger partial charge is 0.493 e. The van der Waals surface area contributed by atoms with E-state index in [2.05, 4.69) is 41.3 Å². The minimum absolute atomic E-state index is 0.225. The van der Waals surface area contributed by atoms with Gasteiger partial charge in [-0.2, -0.15) is 0 Å². The maximum absolute atomic E-state index is 5.74. The number of aryl methyl sites for hydroxylation is 2. The van der Waals surface area contributed by atoms with Gasteiger partial charge in [0, 0.05) is 16.9 Å². The molecule has 0 spiro atoms. The Labute approximate surface area is 133 Å². The fourth-order valence-electron chi connectivity index (χ4n) is 2.95. The second-order valence-electron chi connectivity index (χ2n) is 5.56. The van der Waals surface area contributed by atoms with Crippen LogP contribution in [0.1, 0.15) is 28.5 Å². The maximum Gasteiger partial charge on any atom is 0.138 e. The molecule has 1 aliphatic rings. The first kappa shape index (κ1) is 13.5. The second-order valence-corrected chi connectivity index (χ2v) is 6.76. The van der Waals surface area contributed by atoms with Gasteiger partial charge < -0.3 is 10.1 Å². The van der Waals surface area contributed by atoms with Gasteiger partial charge in [0.1, 0.15) is 22.7 Å². The standard InChI is InChI=1S/C17H17N3OS/c1-10-11(2)22-17-15(10)16(18-9-19-17)20-13-7-8-21-14-6-4-3-5-12(13)14/h3-6,9,13H,7-8H2,1-2H3,(H,18,19,20)/t13-/m1/s1. The highest BCUT2D eigenvalue weighted by atomic mass is 32.1. The number of nitrogens with zero attached hydrogens (tertiary/aromatic N) is 2. The molecule has 0 aliphatic carbocycles. The number of hydrogen-bond donors (Lipinski definition) is 1. The number of aromatic nitrogens is 2. The molecule has 0 fully saturated rings. The lowest BCUT2D eigenvalue weighted by Gasteiger charge is -2.27. The van der Waals surface area contributed by atoms with Gasteiger partial charge in [0.05, 0.1) is 18.0 Å². The molecular formula is C17H17N3OS. The Hall–Kier alpha value is -2.14. The topological polar surface area (TPSA) is 47.0 Å². The van der Waals surface area contributed by atoms with Crippen LogP contribution < -0.4 is 10.1 Å². The molecule has 0 saturated heterocycles. The molecule has 4 rings (SSSR count). The first-order valence-electron chi connectivity index (χ1n) is 7.43. The molecule has 22 heavy (non-hydrogen) atoms. The third-order valence-corrected chi connectivity index (χ3v) is 5.35. The van der Waals surface area contributed by atoms with E-state index in [4.69, 9.17) is 4.74 Å². The van der Waals surface area contributed by atoms with Gasteiger partial charge in [0.2, 0.25) is 0 Å². The highest BCUT2D eigenvalue weighted by molar-refractivity contribution is 7.18. The molecule has 1 aromatic carbocycles. The molecule has 3 heterocycles. The summed E-state index contributed by atoms with van der Waals surface area (Å²) in [6.45, 7) is 5.00.